The van der Waals surface area contributed by atoms with Crippen molar-refractivity contribution in [2.24, 2.45) is 14.1 Å². The number of aryl methyl sites for hydroxylation is 1. The Labute approximate surface area is 167 Å². The molecular weight excluding hydrogens is 378 g/mol. The van der Waals surface area contributed by atoms with E-state index < -0.39 is 11.2 Å². The van der Waals surface area contributed by atoms with Gasteiger partial charge in [-0.2, -0.15) is 0 Å². The van der Waals surface area contributed by atoms with Gasteiger partial charge in [-0.15, -0.1) is 0 Å². The zero-order valence-electron chi connectivity index (χ0n) is 16.8. The van der Waals surface area contributed by atoms with E-state index in [-0.39, 0.29) is 29.0 Å². The van der Waals surface area contributed by atoms with Crippen LogP contribution in [0.1, 0.15) is 57.7 Å². The summed E-state index contributed by atoms with van der Waals surface area (Å²) in [4.78, 5) is 46.4. The topological polar surface area (TPSA) is 98.9 Å². The smallest absolute Gasteiger partial charge is 0.332 e. The van der Waals surface area contributed by atoms with Crippen LogP contribution in [0.25, 0.3) is 11.0 Å². The zero-order chi connectivity index (χ0) is 20.4. The number of aromatic nitrogens is 4. The Morgan fingerprint density at radius 3 is 2.46 bits per heavy atom. The first kappa shape index (κ1) is 20.6. The molecule has 0 atom stereocenters. The molecule has 8 nitrogen and oxygen atoms in total. The summed E-state index contributed by atoms with van der Waals surface area (Å²) in [6, 6.07) is 0.240. The number of fused-ring (bicyclic) bond motifs is 1. The minimum absolute atomic E-state index is 0.0268. The first-order valence-corrected chi connectivity index (χ1v) is 10.7. The van der Waals surface area contributed by atoms with Crippen LogP contribution in [0.5, 0.6) is 0 Å². The van der Waals surface area contributed by atoms with Gasteiger partial charge in [0, 0.05) is 26.1 Å². The summed E-state index contributed by atoms with van der Waals surface area (Å²) in [5.74, 6) is 0.688. The molecule has 0 radical (unpaired) electrons. The van der Waals surface area contributed by atoms with E-state index in [1.165, 1.54) is 29.8 Å². The number of hydrogen-bond acceptors (Lipinski definition) is 6. The molecule has 0 aliphatic heterocycles. The lowest BCUT2D eigenvalue weighted by molar-refractivity contribution is -0.119. The van der Waals surface area contributed by atoms with Crippen LogP contribution in [-0.4, -0.2) is 36.8 Å². The number of nitrogens with one attached hydrogen (secondary N) is 1. The largest absolute Gasteiger partial charge is 0.353 e. The Balaban J connectivity index is 1.93. The number of nitrogens with zero attached hydrogens (tertiary/aromatic N) is 4. The Morgan fingerprint density at radius 2 is 1.82 bits per heavy atom. The molecule has 0 saturated heterocycles. The van der Waals surface area contributed by atoms with E-state index in [2.05, 4.69) is 15.3 Å². The molecule has 1 fully saturated rings. The fourth-order valence-corrected chi connectivity index (χ4v) is 4.29. The Hall–Kier alpha value is -2.16. The third kappa shape index (κ3) is 4.14. The molecule has 2 aromatic heterocycles. The second kappa shape index (κ2) is 8.46. The molecule has 1 N–H and O–H groups in total. The van der Waals surface area contributed by atoms with Crippen molar-refractivity contribution >= 4 is 28.7 Å². The molecule has 1 aliphatic carbocycles. The molecule has 1 aliphatic rings. The molecule has 152 valence electrons. The van der Waals surface area contributed by atoms with Crippen molar-refractivity contribution < 1.29 is 4.79 Å². The van der Waals surface area contributed by atoms with Crippen molar-refractivity contribution in [1.82, 2.24) is 24.4 Å². The number of rotatable bonds is 5. The lowest BCUT2D eigenvalue weighted by Gasteiger charge is -2.22. The number of thioether (sulfide) groups is 1. The maximum atomic E-state index is 12.7. The SMILES string of the molecule is CC(C)c1nc(SCC(=O)NC2CCCCC2)c2c(=O)n(C)c(=O)n(C)c2n1. The predicted octanol–water partition coefficient (Wildman–Crippen LogP) is 1.69. The van der Waals surface area contributed by atoms with Crippen molar-refractivity contribution in [3.63, 3.8) is 0 Å². The zero-order valence-corrected chi connectivity index (χ0v) is 17.6. The second-order valence-electron chi connectivity index (χ2n) is 7.64. The van der Waals surface area contributed by atoms with Gasteiger partial charge in [0.1, 0.15) is 16.2 Å². The molecule has 3 rings (SSSR count). The van der Waals surface area contributed by atoms with Gasteiger partial charge in [-0.05, 0) is 12.8 Å². The van der Waals surface area contributed by atoms with Crippen LogP contribution in [-0.2, 0) is 18.9 Å². The maximum Gasteiger partial charge on any atom is 0.332 e. The van der Waals surface area contributed by atoms with Crippen LogP contribution >= 0.6 is 11.8 Å². The highest BCUT2D eigenvalue weighted by Gasteiger charge is 2.20. The van der Waals surface area contributed by atoms with Gasteiger partial charge < -0.3 is 5.32 Å². The summed E-state index contributed by atoms with van der Waals surface area (Å²) in [5.41, 5.74) is -0.567. The van der Waals surface area contributed by atoms with E-state index in [1.54, 1.807) is 7.05 Å². The molecule has 0 unspecified atom stereocenters. The van der Waals surface area contributed by atoms with Gasteiger partial charge in [0.25, 0.3) is 5.56 Å². The van der Waals surface area contributed by atoms with Crippen LogP contribution in [0.2, 0.25) is 0 Å². The number of carbonyl (C=O) groups is 1. The van der Waals surface area contributed by atoms with Crippen LogP contribution in [0.15, 0.2) is 14.6 Å². The fourth-order valence-electron chi connectivity index (χ4n) is 3.46. The average molecular weight is 406 g/mol. The summed E-state index contributed by atoms with van der Waals surface area (Å²) in [5, 5.41) is 3.81. The van der Waals surface area contributed by atoms with Crippen molar-refractivity contribution in [3.8, 4) is 0 Å². The molecule has 1 amide bonds. The predicted molar refractivity (Wildman–Crippen MR) is 110 cm³/mol. The first-order valence-electron chi connectivity index (χ1n) is 9.69. The summed E-state index contributed by atoms with van der Waals surface area (Å²) in [6.07, 6.45) is 5.57. The van der Waals surface area contributed by atoms with Crippen LogP contribution < -0.4 is 16.6 Å². The number of carbonyl (C=O) groups excluding carboxylic acids is 1. The normalized spacial score (nSPS) is 15.3. The molecule has 1 saturated carbocycles. The third-order valence-corrected chi connectivity index (χ3v) is 6.09. The van der Waals surface area contributed by atoms with Crippen molar-refractivity contribution in [2.75, 3.05) is 5.75 Å². The molecule has 0 aromatic carbocycles. The lowest BCUT2D eigenvalue weighted by Crippen LogP contribution is -2.38. The second-order valence-corrected chi connectivity index (χ2v) is 8.60. The average Bonchev–Trinajstić information content (AvgIpc) is 2.69. The highest BCUT2D eigenvalue weighted by Crippen LogP contribution is 2.24. The minimum Gasteiger partial charge on any atom is -0.353 e. The van der Waals surface area contributed by atoms with Crippen LogP contribution in [0, 0.1) is 0 Å². The minimum atomic E-state index is -0.441. The van der Waals surface area contributed by atoms with Crippen LogP contribution in [0.3, 0.4) is 0 Å². The number of hydrogen-bond donors (Lipinski definition) is 1. The van der Waals surface area contributed by atoms with Gasteiger partial charge in [-0.25, -0.2) is 14.8 Å². The maximum absolute atomic E-state index is 12.7. The standard InChI is InChI=1S/C19H27N5O3S/c1-11(2)15-21-16-14(18(26)24(4)19(27)23(16)3)17(22-15)28-10-13(25)20-12-8-6-5-7-9-12/h11-12H,5-10H2,1-4H3,(H,20,25). The monoisotopic (exact) mass is 405 g/mol. The van der Waals surface area contributed by atoms with E-state index in [1.807, 2.05) is 13.8 Å². The van der Waals surface area contributed by atoms with E-state index in [4.69, 9.17) is 0 Å². The summed E-state index contributed by atoms with van der Waals surface area (Å²) < 4.78 is 2.41. The molecule has 9 heteroatoms. The molecule has 0 bridgehead atoms. The van der Waals surface area contributed by atoms with Gasteiger partial charge in [0.15, 0.2) is 5.65 Å². The number of amides is 1. The summed E-state index contributed by atoms with van der Waals surface area (Å²) >= 11 is 1.22. The quantitative estimate of drug-likeness (QED) is 0.600. The van der Waals surface area contributed by atoms with E-state index >= 15 is 0 Å². The fraction of sp³-hybridized carbons (Fsp3) is 0.632. The van der Waals surface area contributed by atoms with E-state index in [0.717, 1.165) is 30.3 Å². The highest BCUT2D eigenvalue weighted by atomic mass is 32.2. The molecule has 28 heavy (non-hydrogen) atoms. The van der Waals surface area contributed by atoms with Crippen LogP contribution in [0.4, 0.5) is 0 Å². The summed E-state index contributed by atoms with van der Waals surface area (Å²) in [7, 11) is 3.02. The molecule has 2 heterocycles. The highest BCUT2D eigenvalue weighted by molar-refractivity contribution is 8.00. The molecule has 2 aromatic rings. The van der Waals surface area contributed by atoms with Crippen molar-refractivity contribution in [2.45, 2.75) is 62.9 Å². The van der Waals surface area contributed by atoms with Gasteiger partial charge >= 0.3 is 5.69 Å². The van der Waals surface area contributed by atoms with Gasteiger partial charge in [0.05, 0.1) is 5.75 Å². The Morgan fingerprint density at radius 1 is 1.14 bits per heavy atom. The Bertz CT molecular complexity index is 1010. The van der Waals surface area contributed by atoms with Gasteiger partial charge in [0.2, 0.25) is 5.91 Å². The first-order chi connectivity index (χ1) is 13.3. The van der Waals surface area contributed by atoms with E-state index in [0.29, 0.717) is 16.5 Å². The van der Waals surface area contributed by atoms with E-state index in [9.17, 15) is 14.4 Å². The Kier molecular flexibility index (Phi) is 6.22. The lowest BCUT2D eigenvalue weighted by atomic mass is 9.95. The van der Waals surface area contributed by atoms with Crippen molar-refractivity contribution in [1.29, 1.82) is 0 Å². The molecular formula is C19H27N5O3S. The third-order valence-electron chi connectivity index (χ3n) is 5.11. The van der Waals surface area contributed by atoms with Gasteiger partial charge in [-0.3, -0.25) is 18.7 Å². The van der Waals surface area contributed by atoms with Crippen molar-refractivity contribution in [3.05, 3.63) is 26.7 Å². The summed E-state index contributed by atoms with van der Waals surface area (Å²) in [6.45, 7) is 3.90. The molecule has 0 spiro atoms. The van der Waals surface area contributed by atoms with Gasteiger partial charge in [-0.1, -0.05) is 44.9 Å².